The molecule has 1 aliphatic carbocycles. The number of alkyl halides is 3. The van der Waals surface area contributed by atoms with E-state index in [9.17, 15) is 18.3 Å². The molecule has 1 heterocycles. The molecule has 1 aliphatic heterocycles. The fraction of sp³-hybridized carbons (Fsp3) is 0.684. The minimum Gasteiger partial charge on any atom is -0.393 e. The van der Waals surface area contributed by atoms with Gasteiger partial charge in [0.2, 0.25) is 0 Å². The van der Waals surface area contributed by atoms with Crippen molar-refractivity contribution in [1.29, 1.82) is 0 Å². The summed E-state index contributed by atoms with van der Waals surface area (Å²) in [6.07, 6.45) is -0.256. The first-order valence-electron chi connectivity index (χ1n) is 9.18. The molecule has 0 spiro atoms. The number of hydrogen-bond donors (Lipinski definition) is 2. The molecule has 1 saturated heterocycles. The molecule has 25 heavy (non-hydrogen) atoms. The van der Waals surface area contributed by atoms with Crippen molar-refractivity contribution in [2.24, 2.45) is 11.7 Å². The Morgan fingerprint density at radius 1 is 1.20 bits per heavy atom. The van der Waals surface area contributed by atoms with Gasteiger partial charge in [-0.3, -0.25) is 0 Å². The number of nitrogens with two attached hydrogens (primary N) is 1. The second-order valence-electron chi connectivity index (χ2n) is 7.55. The van der Waals surface area contributed by atoms with Crippen LogP contribution in [0.3, 0.4) is 0 Å². The average Bonchev–Trinajstić information content (AvgIpc) is 2.98. The third-order valence-corrected chi connectivity index (χ3v) is 5.70. The Kier molecular flexibility index (Phi) is 5.71. The lowest BCUT2D eigenvalue weighted by atomic mass is 9.74. The first kappa shape index (κ1) is 18.7. The van der Waals surface area contributed by atoms with Gasteiger partial charge in [0.25, 0.3) is 0 Å². The Bertz CT molecular complexity index is 578. The summed E-state index contributed by atoms with van der Waals surface area (Å²) in [6.45, 7) is 2.31. The van der Waals surface area contributed by atoms with E-state index in [0.29, 0.717) is 12.1 Å². The highest BCUT2D eigenvalue weighted by Crippen LogP contribution is 2.39. The average molecular weight is 356 g/mol. The molecule has 0 aromatic heterocycles. The Hall–Kier alpha value is -1.11. The molecule has 1 saturated carbocycles. The molecule has 3 nitrogen and oxygen atoms in total. The first-order chi connectivity index (χ1) is 11.8. The number of rotatable bonds is 4. The van der Waals surface area contributed by atoms with Gasteiger partial charge in [0.15, 0.2) is 0 Å². The van der Waals surface area contributed by atoms with Crippen LogP contribution in [0.2, 0.25) is 0 Å². The van der Waals surface area contributed by atoms with E-state index in [2.05, 4.69) is 4.90 Å². The number of benzene rings is 1. The summed E-state index contributed by atoms with van der Waals surface area (Å²) in [4.78, 5) is 2.23. The molecule has 3 unspecified atom stereocenters. The first-order valence-corrected chi connectivity index (χ1v) is 9.18. The zero-order chi connectivity index (χ0) is 18.0. The van der Waals surface area contributed by atoms with Crippen molar-refractivity contribution in [2.45, 2.75) is 56.3 Å². The van der Waals surface area contributed by atoms with E-state index in [0.717, 1.165) is 51.3 Å². The van der Waals surface area contributed by atoms with Crippen molar-refractivity contribution in [3.8, 4) is 0 Å². The summed E-state index contributed by atoms with van der Waals surface area (Å²) in [5.74, 6) is -0.0861. The van der Waals surface area contributed by atoms with Gasteiger partial charge < -0.3 is 15.7 Å². The second kappa shape index (κ2) is 7.64. The SMILES string of the molecule is N[C@H]1CCN(CC(c2cccc(C(F)(F)F)c2)C2CCCCC2O)C1. The smallest absolute Gasteiger partial charge is 0.393 e. The Balaban J connectivity index is 1.87. The lowest BCUT2D eigenvalue weighted by Crippen LogP contribution is -2.37. The highest BCUT2D eigenvalue weighted by molar-refractivity contribution is 5.29. The van der Waals surface area contributed by atoms with Gasteiger partial charge in [0, 0.05) is 25.0 Å². The van der Waals surface area contributed by atoms with Crippen molar-refractivity contribution in [3.63, 3.8) is 0 Å². The molecule has 1 aromatic rings. The molecule has 2 aliphatic rings. The van der Waals surface area contributed by atoms with E-state index < -0.39 is 17.8 Å². The zero-order valence-corrected chi connectivity index (χ0v) is 14.4. The lowest BCUT2D eigenvalue weighted by molar-refractivity contribution is -0.137. The van der Waals surface area contributed by atoms with E-state index >= 15 is 0 Å². The van der Waals surface area contributed by atoms with Crippen LogP contribution >= 0.6 is 0 Å². The van der Waals surface area contributed by atoms with Crippen LogP contribution in [0.4, 0.5) is 13.2 Å². The fourth-order valence-corrected chi connectivity index (χ4v) is 4.35. The van der Waals surface area contributed by atoms with Crippen molar-refractivity contribution in [3.05, 3.63) is 35.4 Å². The van der Waals surface area contributed by atoms with Crippen LogP contribution in [0.25, 0.3) is 0 Å². The van der Waals surface area contributed by atoms with E-state index in [-0.39, 0.29) is 17.9 Å². The van der Waals surface area contributed by atoms with E-state index in [1.54, 1.807) is 6.07 Å². The maximum Gasteiger partial charge on any atom is 0.416 e. The number of aliphatic hydroxyl groups is 1. The predicted octanol–water partition coefficient (Wildman–Crippen LogP) is 3.37. The van der Waals surface area contributed by atoms with Crippen LogP contribution in [-0.4, -0.2) is 41.8 Å². The molecule has 6 heteroatoms. The molecule has 3 N–H and O–H groups in total. The van der Waals surface area contributed by atoms with Gasteiger partial charge >= 0.3 is 6.18 Å². The van der Waals surface area contributed by atoms with E-state index in [1.165, 1.54) is 12.1 Å². The molecule has 1 aromatic carbocycles. The van der Waals surface area contributed by atoms with Gasteiger partial charge in [-0.15, -0.1) is 0 Å². The molecular formula is C19H27F3N2O. The summed E-state index contributed by atoms with van der Waals surface area (Å²) in [6, 6.07) is 5.78. The summed E-state index contributed by atoms with van der Waals surface area (Å²) < 4.78 is 39.4. The van der Waals surface area contributed by atoms with Gasteiger partial charge in [0.1, 0.15) is 0 Å². The van der Waals surface area contributed by atoms with Gasteiger partial charge in [-0.1, -0.05) is 31.0 Å². The van der Waals surface area contributed by atoms with Crippen molar-refractivity contribution in [1.82, 2.24) is 4.90 Å². The van der Waals surface area contributed by atoms with Crippen LogP contribution in [0.5, 0.6) is 0 Å². The van der Waals surface area contributed by atoms with E-state index in [1.807, 2.05) is 0 Å². The zero-order valence-electron chi connectivity index (χ0n) is 14.4. The highest BCUT2D eigenvalue weighted by atomic mass is 19.4. The third-order valence-electron chi connectivity index (χ3n) is 5.70. The lowest BCUT2D eigenvalue weighted by Gasteiger charge is -2.37. The largest absolute Gasteiger partial charge is 0.416 e. The van der Waals surface area contributed by atoms with Crippen LogP contribution < -0.4 is 5.73 Å². The standard InChI is InChI=1S/C19H27F3N2O/c20-19(21,22)14-5-3-4-13(10-14)17(12-24-9-8-15(23)11-24)16-6-1-2-7-18(16)25/h3-5,10,15-18,25H,1-2,6-9,11-12,23H2/t15-,16?,17?,18?/m0/s1. The molecule has 0 radical (unpaired) electrons. The second-order valence-corrected chi connectivity index (χ2v) is 7.55. The number of hydrogen-bond acceptors (Lipinski definition) is 3. The molecule has 3 rings (SSSR count). The van der Waals surface area contributed by atoms with Gasteiger partial charge in [-0.05, 0) is 43.4 Å². The maximum absolute atomic E-state index is 13.1. The maximum atomic E-state index is 13.1. The number of aliphatic hydroxyl groups excluding tert-OH is 1. The summed E-state index contributed by atoms with van der Waals surface area (Å²) in [5.41, 5.74) is 6.06. The summed E-state index contributed by atoms with van der Waals surface area (Å²) in [5, 5.41) is 10.5. The third kappa shape index (κ3) is 4.54. The van der Waals surface area contributed by atoms with Gasteiger partial charge in [0.05, 0.1) is 11.7 Å². The monoisotopic (exact) mass is 356 g/mol. The minimum atomic E-state index is -4.35. The van der Waals surface area contributed by atoms with Gasteiger partial charge in [-0.25, -0.2) is 0 Å². The number of halogens is 3. The Morgan fingerprint density at radius 3 is 2.60 bits per heavy atom. The minimum absolute atomic E-state index is 0.00839. The van der Waals surface area contributed by atoms with Crippen molar-refractivity contribution in [2.75, 3.05) is 19.6 Å². The van der Waals surface area contributed by atoms with Gasteiger partial charge in [-0.2, -0.15) is 13.2 Å². The summed E-state index contributed by atoms with van der Waals surface area (Å²) >= 11 is 0. The molecular weight excluding hydrogens is 329 g/mol. The number of likely N-dealkylation sites (tertiary alicyclic amines) is 1. The fourth-order valence-electron chi connectivity index (χ4n) is 4.35. The van der Waals surface area contributed by atoms with Crippen LogP contribution in [0, 0.1) is 5.92 Å². The summed E-state index contributed by atoms with van der Waals surface area (Å²) in [7, 11) is 0. The van der Waals surface area contributed by atoms with Crippen molar-refractivity contribution >= 4 is 0 Å². The molecule has 0 amide bonds. The quantitative estimate of drug-likeness (QED) is 0.870. The Morgan fingerprint density at radius 2 is 1.96 bits per heavy atom. The van der Waals surface area contributed by atoms with E-state index in [4.69, 9.17) is 5.73 Å². The van der Waals surface area contributed by atoms with Crippen LogP contribution in [-0.2, 0) is 6.18 Å². The number of nitrogens with zero attached hydrogens (tertiary/aromatic N) is 1. The molecule has 140 valence electrons. The topological polar surface area (TPSA) is 49.5 Å². The van der Waals surface area contributed by atoms with Crippen LogP contribution in [0.1, 0.15) is 49.1 Å². The predicted molar refractivity (Wildman–Crippen MR) is 91.2 cm³/mol. The van der Waals surface area contributed by atoms with Crippen molar-refractivity contribution < 1.29 is 18.3 Å². The Labute approximate surface area is 147 Å². The van der Waals surface area contributed by atoms with Crippen LogP contribution in [0.15, 0.2) is 24.3 Å². The molecule has 4 atom stereocenters. The highest BCUT2D eigenvalue weighted by Gasteiger charge is 2.36. The molecule has 2 fully saturated rings. The molecule has 0 bridgehead atoms. The normalized spacial score (nSPS) is 29.7.